The first kappa shape index (κ1) is 24.6. The number of carbonyl (C=O) groups is 2. The molecule has 2 rings (SSSR count). The van der Waals surface area contributed by atoms with E-state index in [-0.39, 0.29) is 11.1 Å². The molecule has 168 valence electrons. The van der Waals surface area contributed by atoms with Crippen molar-refractivity contribution in [2.75, 3.05) is 0 Å². The van der Waals surface area contributed by atoms with Crippen molar-refractivity contribution < 1.29 is 40.3 Å². The van der Waals surface area contributed by atoms with Crippen molar-refractivity contribution in [2.45, 2.75) is 35.7 Å². The van der Waals surface area contributed by atoms with Gasteiger partial charge in [0.25, 0.3) is 20.2 Å². The summed E-state index contributed by atoms with van der Waals surface area (Å²) < 4.78 is 71.0. The minimum Gasteiger partial charge on any atom is -0.386 e. The van der Waals surface area contributed by atoms with Gasteiger partial charge < -0.3 is 16.2 Å². The summed E-state index contributed by atoms with van der Waals surface area (Å²) >= 11 is 0. The van der Waals surface area contributed by atoms with Crippen LogP contribution in [0.1, 0.15) is 57.8 Å². The fourth-order valence-corrected chi connectivity index (χ4v) is 4.88. The summed E-state index contributed by atoms with van der Waals surface area (Å²) in [4.78, 5) is 23.4. The van der Waals surface area contributed by atoms with E-state index in [9.17, 15) is 35.5 Å². The largest absolute Gasteiger partial charge is 0.386 e. The summed E-state index contributed by atoms with van der Waals surface area (Å²) in [7, 11) is -9.90. The highest BCUT2D eigenvalue weighted by Crippen LogP contribution is 2.28. The zero-order valence-electron chi connectivity index (χ0n) is 16.3. The molecule has 2 aromatic carbocycles. The first-order chi connectivity index (χ1) is 14.2. The first-order valence-electron chi connectivity index (χ1n) is 8.64. The van der Waals surface area contributed by atoms with Gasteiger partial charge in [-0.25, -0.2) is 9.59 Å². The van der Waals surface area contributed by atoms with Gasteiger partial charge in [-0.3, -0.25) is 9.11 Å². The molecule has 0 aliphatic heterocycles. The molecule has 0 spiro atoms. The predicted molar refractivity (Wildman–Crippen MR) is 107 cm³/mol. The lowest BCUT2D eigenvalue weighted by molar-refractivity contribution is 0.0391. The van der Waals surface area contributed by atoms with Crippen molar-refractivity contribution in [1.29, 1.82) is 0 Å². The van der Waals surface area contributed by atoms with Crippen molar-refractivity contribution in [3.8, 4) is 0 Å². The SMILES string of the molecule is CC(N)c1cccc(C(=O)OC(=O)c2cccc(C(C)N)c2S(=O)(=O)O)c1S(=O)(=O)O. The average molecular weight is 472 g/mol. The lowest BCUT2D eigenvalue weighted by Crippen LogP contribution is -2.22. The summed E-state index contributed by atoms with van der Waals surface area (Å²) in [5, 5.41) is 0. The molecule has 0 saturated heterocycles. The van der Waals surface area contributed by atoms with Crippen molar-refractivity contribution in [1.82, 2.24) is 0 Å². The molecule has 0 radical (unpaired) electrons. The Morgan fingerprint density at radius 1 is 0.774 bits per heavy atom. The number of ether oxygens (including phenoxy) is 1. The molecule has 0 aliphatic rings. The molecule has 0 saturated carbocycles. The van der Waals surface area contributed by atoms with E-state index in [0.29, 0.717) is 0 Å². The summed E-state index contributed by atoms with van der Waals surface area (Å²) in [6.07, 6.45) is 0. The normalized spacial score (nSPS) is 14.0. The van der Waals surface area contributed by atoms with Gasteiger partial charge in [0.2, 0.25) is 0 Å². The third-order valence-corrected chi connectivity index (χ3v) is 6.16. The van der Waals surface area contributed by atoms with Crippen LogP contribution in [0, 0.1) is 0 Å². The van der Waals surface area contributed by atoms with E-state index in [1.165, 1.54) is 38.1 Å². The summed E-state index contributed by atoms with van der Waals surface area (Å²) in [5.41, 5.74) is 9.77. The van der Waals surface area contributed by atoms with E-state index in [1.54, 1.807) is 0 Å². The van der Waals surface area contributed by atoms with Gasteiger partial charge in [-0.2, -0.15) is 16.8 Å². The molecule has 0 amide bonds. The molecular weight excluding hydrogens is 452 g/mol. The van der Waals surface area contributed by atoms with Gasteiger partial charge in [0.05, 0.1) is 11.1 Å². The van der Waals surface area contributed by atoms with Crippen molar-refractivity contribution in [3.63, 3.8) is 0 Å². The molecule has 2 atom stereocenters. The van der Waals surface area contributed by atoms with E-state index in [1.807, 2.05) is 0 Å². The Morgan fingerprint density at radius 2 is 1.10 bits per heavy atom. The number of carbonyl (C=O) groups excluding carboxylic acids is 2. The molecule has 6 N–H and O–H groups in total. The summed E-state index contributed by atoms with van der Waals surface area (Å²) in [6.45, 7) is 2.81. The Morgan fingerprint density at radius 3 is 1.35 bits per heavy atom. The van der Waals surface area contributed by atoms with Crippen molar-refractivity contribution in [2.24, 2.45) is 11.5 Å². The van der Waals surface area contributed by atoms with Gasteiger partial charge in [0, 0.05) is 12.1 Å². The molecule has 0 aliphatic carbocycles. The van der Waals surface area contributed by atoms with Crippen LogP contribution >= 0.6 is 0 Å². The zero-order valence-corrected chi connectivity index (χ0v) is 18.0. The van der Waals surface area contributed by atoms with Crippen LogP contribution in [0.4, 0.5) is 0 Å². The maximum Gasteiger partial charge on any atom is 0.347 e. The second-order valence-electron chi connectivity index (χ2n) is 6.65. The van der Waals surface area contributed by atoms with Crippen molar-refractivity contribution >= 4 is 32.2 Å². The van der Waals surface area contributed by atoms with E-state index in [2.05, 4.69) is 4.74 Å². The molecule has 0 bridgehead atoms. The number of benzene rings is 2. The zero-order chi connectivity index (χ0) is 23.7. The van der Waals surface area contributed by atoms with Crippen molar-refractivity contribution in [3.05, 3.63) is 58.7 Å². The Kier molecular flexibility index (Phi) is 7.00. The average Bonchev–Trinajstić information content (AvgIpc) is 2.65. The van der Waals surface area contributed by atoms with E-state index in [4.69, 9.17) is 11.5 Å². The standard InChI is InChI=1S/C18H20N2O9S2/c1-9(19)11-5-3-7-13(15(11)30(23,24)25)17(21)29-18(22)14-8-4-6-12(10(2)20)16(14)31(26,27)28/h3-10H,19-20H2,1-2H3,(H,23,24,25)(H,26,27,28). The Hall–Kier alpha value is -2.68. The molecule has 11 nitrogen and oxygen atoms in total. The second kappa shape index (κ2) is 8.82. The van der Waals surface area contributed by atoms with Gasteiger partial charge in [-0.15, -0.1) is 0 Å². The van der Waals surface area contributed by atoms with Crippen LogP contribution in [0.3, 0.4) is 0 Å². The van der Waals surface area contributed by atoms with Gasteiger partial charge in [-0.1, -0.05) is 24.3 Å². The van der Waals surface area contributed by atoms with Gasteiger partial charge in [0.1, 0.15) is 9.79 Å². The summed E-state index contributed by atoms with van der Waals surface area (Å²) in [5.74, 6) is -2.99. The molecule has 0 heterocycles. The maximum absolute atomic E-state index is 12.6. The number of hydrogen-bond donors (Lipinski definition) is 4. The van der Waals surface area contributed by atoms with E-state index in [0.717, 1.165) is 12.1 Å². The monoisotopic (exact) mass is 472 g/mol. The highest BCUT2D eigenvalue weighted by atomic mass is 32.2. The van der Waals surface area contributed by atoms with Gasteiger partial charge >= 0.3 is 11.9 Å². The van der Waals surface area contributed by atoms with E-state index < -0.39 is 65.2 Å². The van der Waals surface area contributed by atoms with Crippen LogP contribution in [0.15, 0.2) is 46.2 Å². The van der Waals surface area contributed by atoms with E-state index >= 15 is 0 Å². The van der Waals surface area contributed by atoms with Crippen LogP contribution in [-0.2, 0) is 25.0 Å². The van der Waals surface area contributed by atoms with Crippen LogP contribution in [-0.4, -0.2) is 37.9 Å². The molecule has 31 heavy (non-hydrogen) atoms. The highest BCUT2D eigenvalue weighted by Gasteiger charge is 2.31. The highest BCUT2D eigenvalue weighted by molar-refractivity contribution is 7.86. The molecular formula is C18H20N2O9S2. The van der Waals surface area contributed by atoms with Crippen LogP contribution in [0.5, 0.6) is 0 Å². The quantitative estimate of drug-likeness (QED) is 0.267. The Bertz CT molecular complexity index is 1150. The topological polar surface area (TPSA) is 204 Å². The predicted octanol–water partition coefficient (Wildman–Crippen LogP) is 1.22. The fourth-order valence-electron chi connectivity index (χ4n) is 2.92. The van der Waals surface area contributed by atoms with Gasteiger partial charge in [0.15, 0.2) is 0 Å². The summed E-state index contributed by atoms with van der Waals surface area (Å²) in [6, 6.07) is 5.18. The number of hydrogen-bond acceptors (Lipinski definition) is 9. The number of esters is 2. The first-order valence-corrected chi connectivity index (χ1v) is 11.5. The third kappa shape index (κ3) is 5.33. The minimum atomic E-state index is -4.95. The number of rotatable bonds is 6. The third-order valence-electron chi connectivity index (χ3n) is 4.21. The van der Waals surface area contributed by atoms with Crippen LogP contribution in [0.2, 0.25) is 0 Å². The lowest BCUT2D eigenvalue weighted by Gasteiger charge is -2.15. The molecule has 0 fully saturated rings. The Labute approximate surface area is 178 Å². The Balaban J connectivity index is 2.59. The maximum atomic E-state index is 12.6. The molecule has 2 unspecified atom stereocenters. The minimum absolute atomic E-state index is 0.109. The van der Waals surface area contributed by atoms with Crippen LogP contribution < -0.4 is 11.5 Å². The molecule has 0 aromatic heterocycles. The fraction of sp³-hybridized carbons (Fsp3) is 0.222. The van der Waals surface area contributed by atoms with Gasteiger partial charge in [-0.05, 0) is 37.1 Å². The second-order valence-corrected chi connectivity index (χ2v) is 9.37. The van der Waals surface area contributed by atoms with Crippen LogP contribution in [0.25, 0.3) is 0 Å². The molecule has 13 heteroatoms. The smallest absolute Gasteiger partial charge is 0.347 e. The molecule has 2 aromatic rings. The lowest BCUT2D eigenvalue weighted by atomic mass is 10.0. The number of nitrogens with two attached hydrogens (primary N) is 2.